The van der Waals surface area contributed by atoms with E-state index < -0.39 is 15.8 Å². The summed E-state index contributed by atoms with van der Waals surface area (Å²) in [5, 5.41) is 2.82. The largest absolute Gasteiger partial charge is 0.325 e. The van der Waals surface area contributed by atoms with Crippen LogP contribution in [0.2, 0.25) is 5.02 Å². The van der Waals surface area contributed by atoms with Gasteiger partial charge in [-0.05, 0) is 50.1 Å². The van der Waals surface area contributed by atoms with Crippen LogP contribution < -0.4 is 5.32 Å². The Bertz CT molecular complexity index is 940. The minimum absolute atomic E-state index is 0.128. The van der Waals surface area contributed by atoms with E-state index in [9.17, 15) is 17.6 Å². The molecule has 1 aliphatic rings. The maximum atomic E-state index is 13.1. The van der Waals surface area contributed by atoms with Crippen molar-refractivity contribution < 1.29 is 17.6 Å². The fraction of sp³-hybridized carbons (Fsp3) is 0.316. The van der Waals surface area contributed by atoms with Gasteiger partial charge in [-0.25, -0.2) is 12.8 Å². The van der Waals surface area contributed by atoms with Crippen LogP contribution in [0.1, 0.15) is 18.4 Å². The van der Waals surface area contributed by atoms with Crippen molar-refractivity contribution in [3.8, 4) is 0 Å². The lowest BCUT2D eigenvalue weighted by atomic mass is 9.97. The molecule has 1 aliphatic heterocycles. The lowest BCUT2D eigenvalue weighted by Crippen LogP contribution is -2.41. The van der Waals surface area contributed by atoms with Crippen LogP contribution >= 0.6 is 11.6 Å². The molecule has 3 rings (SSSR count). The summed E-state index contributed by atoms with van der Waals surface area (Å²) in [5.41, 5.74) is 1.33. The maximum absolute atomic E-state index is 13.1. The summed E-state index contributed by atoms with van der Waals surface area (Å²) in [5.74, 6) is -1.04. The van der Waals surface area contributed by atoms with Crippen LogP contribution in [0.15, 0.2) is 47.4 Å². The number of benzene rings is 2. The Morgan fingerprint density at radius 1 is 1.15 bits per heavy atom. The summed E-state index contributed by atoms with van der Waals surface area (Å²) in [6.45, 7) is 2.44. The minimum atomic E-state index is -3.56. The second-order valence-electron chi connectivity index (χ2n) is 6.60. The van der Waals surface area contributed by atoms with Crippen molar-refractivity contribution in [1.82, 2.24) is 4.31 Å². The first-order chi connectivity index (χ1) is 12.8. The molecular weight excluding hydrogens is 391 g/mol. The topological polar surface area (TPSA) is 66.5 Å². The zero-order valence-corrected chi connectivity index (χ0v) is 16.4. The van der Waals surface area contributed by atoms with Gasteiger partial charge in [0.1, 0.15) is 5.82 Å². The number of nitrogens with zero attached hydrogens (tertiary/aromatic N) is 1. The van der Waals surface area contributed by atoms with Crippen LogP contribution in [0.25, 0.3) is 0 Å². The lowest BCUT2D eigenvalue weighted by Gasteiger charge is -2.30. The summed E-state index contributed by atoms with van der Waals surface area (Å²) in [6, 6.07) is 10.5. The molecule has 2 aromatic rings. The molecule has 0 atom stereocenters. The minimum Gasteiger partial charge on any atom is -0.325 e. The zero-order valence-electron chi connectivity index (χ0n) is 14.8. The molecule has 0 bridgehead atoms. The molecule has 2 aromatic carbocycles. The molecule has 1 N–H and O–H groups in total. The van der Waals surface area contributed by atoms with Crippen molar-refractivity contribution in [1.29, 1.82) is 0 Å². The van der Waals surface area contributed by atoms with E-state index in [1.807, 2.05) is 6.92 Å². The Kier molecular flexibility index (Phi) is 5.83. The molecular formula is C19H20ClFN2O3S. The quantitative estimate of drug-likeness (QED) is 0.833. The summed E-state index contributed by atoms with van der Waals surface area (Å²) in [6.07, 6.45) is 0.825. The first kappa shape index (κ1) is 19.8. The molecule has 0 aliphatic carbocycles. The number of carbonyl (C=O) groups is 1. The Hall–Kier alpha value is -1.96. The standard InChI is InChI=1S/C19H20ClFN2O3S/c1-13-2-5-16(6-3-13)27(25,26)23-10-8-14(9-11-23)19(24)22-18-7-4-15(21)12-17(18)20/h2-7,12,14H,8-11H2,1H3,(H,22,24). The average Bonchev–Trinajstić information content (AvgIpc) is 2.64. The smallest absolute Gasteiger partial charge is 0.243 e. The highest BCUT2D eigenvalue weighted by Gasteiger charge is 2.32. The Morgan fingerprint density at radius 3 is 2.37 bits per heavy atom. The highest BCUT2D eigenvalue weighted by atomic mass is 35.5. The number of nitrogens with one attached hydrogen (secondary N) is 1. The lowest BCUT2D eigenvalue weighted by molar-refractivity contribution is -0.120. The first-order valence-corrected chi connectivity index (χ1v) is 10.4. The molecule has 1 amide bonds. The molecule has 0 unspecified atom stereocenters. The molecule has 1 fully saturated rings. The van der Waals surface area contributed by atoms with Gasteiger partial charge in [-0.1, -0.05) is 29.3 Å². The fourth-order valence-electron chi connectivity index (χ4n) is 3.04. The number of hydrogen-bond acceptors (Lipinski definition) is 3. The Morgan fingerprint density at radius 2 is 1.78 bits per heavy atom. The molecule has 1 heterocycles. The van der Waals surface area contributed by atoms with E-state index >= 15 is 0 Å². The van der Waals surface area contributed by atoms with Crippen LogP contribution in [0.3, 0.4) is 0 Å². The molecule has 144 valence electrons. The van der Waals surface area contributed by atoms with Gasteiger partial charge in [0.2, 0.25) is 15.9 Å². The van der Waals surface area contributed by atoms with E-state index in [1.54, 1.807) is 24.3 Å². The summed E-state index contributed by atoms with van der Waals surface area (Å²) in [4.78, 5) is 12.7. The molecule has 0 saturated carbocycles. The number of carbonyl (C=O) groups excluding carboxylic acids is 1. The summed E-state index contributed by atoms with van der Waals surface area (Å²) in [7, 11) is -3.56. The van der Waals surface area contributed by atoms with Crippen LogP contribution in [-0.2, 0) is 14.8 Å². The SMILES string of the molecule is Cc1ccc(S(=O)(=O)N2CCC(C(=O)Nc3ccc(F)cc3Cl)CC2)cc1. The summed E-state index contributed by atoms with van der Waals surface area (Å²) >= 11 is 5.93. The van der Waals surface area contributed by atoms with E-state index in [-0.39, 0.29) is 34.8 Å². The van der Waals surface area contributed by atoms with Crippen LogP contribution in [0.5, 0.6) is 0 Å². The van der Waals surface area contributed by atoms with E-state index in [0.29, 0.717) is 18.5 Å². The van der Waals surface area contributed by atoms with Crippen LogP contribution in [-0.4, -0.2) is 31.7 Å². The first-order valence-electron chi connectivity index (χ1n) is 8.60. The summed E-state index contributed by atoms with van der Waals surface area (Å²) < 4.78 is 39.9. The van der Waals surface area contributed by atoms with Gasteiger partial charge in [-0.3, -0.25) is 4.79 Å². The Labute approximate surface area is 163 Å². The Balaban J connectivity index is 1.62. The van der Waals surface area contributed by atoms with Crippen LogP contribution in [0.4, 0.5) is 10.1 Å². The normalized spacial score (nSPS) is 16.3. The van der Waals surface area contributed by atoms with Gasteiger partial charge in [0.25, 0.3) is 0 Å². The van der Waals surface area contributed by atoms with Gasteiger partial charge >= 0.3 is 0 Å². The number of hydrogen-bond donors (Lipinski definition) is 1. The van der Waals surface area contributed by atoms with Gasteiger partial charge < -0.3 is 5.32 Å². The maximum Gasteiger partial charge on any atom is 0.243 e. The molecule has 1 saturated heterocycles. The van der Waals surface area contributed by atoms with Crippen molar-refractivity contribution in [2.24, 2.45) is 5.92 Å². The molecule has 0 radical (unpaired) electrons. The van der Waals surface area contributed by atoms with Crippen molar-refractivity contribution in [3.05, 3.63) is 58.9 Å². The highest BCUT2D eigenvalue weighted by molar-refractivity contribution is 7.89. The number of rotatable bonds is 4. The molecule has 8 heteroatoms. The average molecular weight is 411 g/mol. The van der Waals surface area contributed by atoms with Crippen molar-refractivity contribution in [2.75, 3.05) is 18.4 Å². The third-order valence-corrected chi connectivity index (χ3v) is 6.90. The number of amides is 1. The zero-order chi connectivity index (χ0) is 19.6. The molecule has 0 spiro atoms. The van der Waals surface area contributed by atoms with Gasteiger partial charge in [0, 0.05) is 19.0 Å². The second-order valence-corrected chi connectivity index (χ2v) is 8.95. The number of sulfonamides is 1. The van der Waals surface area contributed by atoms with Crippen LogP contribution in [0, 0.1) is 18.7 Å². The molecule has 5 nitrogen and oxygen atoms in total. The predicted molar refractivity (Wildman–Crippen MR) is 103 cm³/mol. The van der Waals surface area contributed by atoms with E-state index in [4.69, 9.17) is 11.6 Å². The third kappa shape index (κ3) is 4.48. The highest BCUT2D eigenvalue weighted by Crippen LogP contribution is 2.27. The second kappa shape index (κ2) is 7.96. The van der Waals surface area contributed by atoms with E-state index in [2.05, 4.69) is 5.32 Å². The van der Waals surface area contributed by atoms with Crippen molar-refractivity contribution >= 4 is 33.2 Å². The van der Waals surface area contributed by atoms with Crippen molar-refractivity contribution in [3.63, 3.8) is 0 Å². The van der Waals surface area contributed by atoms with Gasteiger partial charge in [-0.2, -0.15) is 4.31 Å². The molecule has 0 aromatic heterocycles. The van der Waals surface area contributed by atoms with E-state index in [0.717, 1.165) is 11.6 Å². The number of halogens is 2. The third-order valence-electron chi connectivity index (χ3n) is 4.67. The predicted octanol–water partition coefficient (Wildman–Crippen LogP) is 3.83. The number of piperidine rings is 1. The van der Waals surface area contributed by atoms with Crippen molar-refractivity contribution in [2.45, 2.75) is 24.7 Å². The molecule has 27 heavy (non-hydrogen) atoms. The monoisotopic (exact) mass is 410 g/mol. The van der Waals surface area contributed by atoms with Gasteiger partial charge in [0.15, 0.2) is 0 Å². The number of anilines is 1. The fourth-order valence-corrected chi connectivity index (χ4v) is 4.73. The van der Waals surface area contributed by atoms with Gasteiger partial charge in [-0.15, -0.1) is 0 Å². The number of aryl methyl sites for hydroxylation is 1. The van der Waals surface area contributed by atoms with E-state index in [1.165, 1.54) is 16.4 Å². The van der Waals surface area contributed by atoms with Gasteiger partial charge in [0.05, 0.1) is 15.6 Å².